The summed E-state index contributed by atoms with van der Waals surface area (Å²) in [6.07, 6.45) is -6.16. The van der Waals surface area contributed by atoms with Crippen LogP contribution in [-0.4, -0.2) is 52.7 Å². The Morgan fingerprint density at radius 3 is 2.09 bits per heavy atom. The summed E-state index contributed by atoms with van der Waals surface area (Å²) in [6, 6.07) is 3.00. The van der Waals surface area contributed by atoms with Crippen LogP contribution in [0.3, 0.4) is 0 Å². The highest BCUT2D eigenvalue weighted by Crippen LogP contribution is 2.71. The smallest absolute Gasteiger partial charge is 0.369 e. The molecule has 1 fully saturated rings. The largest absolute Gasteiger partial charge is 0.446 e. The van der Waals surface area contributed by atoms with Gasteiger partial charge in [-0.2, -0.15) is 36.7 Å². The lowest BCUT2D eigenvalue weighted by Crippen LogP contribution is -2.35. The molecule has 1 aliphatic rings. The quantitative estimate of drug-likeness (QED) is 0.179. The zero-order chi connectivity index (χ0) is 25.9. The van der Waals surface area contributed by atoms with Crippen molar-refractivity contribution in [3.63, 3.8) is 0 Å². The van der Waals surface area contributed by atoms with Crippen LogP contribution in [0.5, 0.6) is 0 Å². The molecular formula is C18H11Cl2F8N5S. The summed E-state index contributed by atoms with van der Waals surface area (Å²) in [4.78, 5) is 4.64. The predicted octanol–water partition coefficient (Wildman–Crippen LogP) is 6.72. The van der Waals surface area contributed by atoms with Crippen molar-refractivity contribution in [3.8, 4) is 11.8 Å². The lowest BCUT2D eigenvalue weighted by atomic mass is 9.94. The van der Waals surface area contributed by atoms with Gasteiger partial charge in [0.1, 0.15) is 11.8 Å². The molecule has 0 radical (unpaired) electrons. The van der Waals surface area contributed by atoms with Gasteiger partial charge < -0.3 is 4.90 Å². The first-order chi connectivity index (χ1) is 15.4. The summed E-state index contributed by atoms with van der Waals surface area (Å²) in [5.74, 6) is -5.08. The summed E-state index contributed by atoms with van der Waals surface area (Å²) >= 11 is 11.6. The van der Waals surface area contributed by atoms with Crippen LogP contribution in [0.15, 0.2) is 22.0 Å². The summed E-state index contributed by atoms with van der Waals surface area (Å²) < 4.78 is 109. The van der Waals surface area contributed by atoms with E-state index in [1.54, 1.807) is 0 Å². The average Bonchev–Trinajstić information content (AvgIpc) is 3.07. The fraction of sp³-hybridized carbons (Fsp3) is 0.389. The first kappa shape index (κ1) is 26.4. The Hall–Kier alpha value is -2.24. The van der Waals surface area contributed by atoms with Crippen molar-refractivity contribution in [1.29, 1.82) is 5.26 Å². The molecule has 0 aliphatic heterocycles. The topological polar surface area (TPSA) is 57.2 Å². The molecular weight excluding hydrogens is 541 g/mol. The average molecular weight is 552 g/mol. The van der Waals surface area contributed by atoms with E-state index in [0.29, 0.717) is 4.68 Å². The van der Waals surface area contributed by atoms with Crippen LogP contribution in [0.4, 0.5) is 40.9 Å². The minimum absolute atomic E-state index is 0.440. The number of hydrogen-bond acceptors (Lipinski definition) is 4. The van der Waals surface area contributed by atoms with Gasteiger partial charge in [-0.05, 0) is 23.9 Å². The summed E-state index contributed by atoms with van der Waals surface area (Å²) in [7, 11) is 2.87. The molecule has 5 nitrogen and oxygen atoms in total. The molecule has 16 heteroatoms. The fourth-order valence-corrected chi connectivity index (χ4v) is 4.67. The van der Waals surface area contributed by atoms with Crippen LogP contribution < -0.4 is 0 Å². The van der Waals surface area contributed by atoms with Gasteiger partial charge in [0, 0.05) is 25.4 Å². The van der Waals surface area contributed by atoms with Crippen LogP contribution in [0.2, 0.25) is 10.0 Å². The molecule has 0 N–H and O–H groups in total. The van der Waals surface area contributed by atoms with E-state index in [1.165, 1.54) is 25.1 Å². The lowest BCUT2D eigenvalue weighted by Gasteiger charge is -2.20. The second-order valence-corrected chi connectivity index (χ2v) is 9.30. The van der Waals surface area contributed by atoms with Gasteiger partial charge in [0.2, 0.25) is 0 Å². The molecule has 1 saturated carbocycles. The number of nitriles is 1. The molecule has 1 aromatic carbocycles. The molecule has 0 spiro atoms. The third kappa shape index (κ3) is 4.52. The maximum absolute atomic E-state index is 14.2. The van der Waals surface area contributed by atoms with Gasteiger partial charge >= 0.3 is 11.7 Å². The highest BCUT2D eigenvalue weighted by molar-refractivity contribution is 8.00. The molecule has 1 aliphatic carbocycles. The Morgan fingerprint density at radius 2 is 1.71 bits per heavy atom. The molecule has 0 bridgehead atoms. The second kappa shape index (κ2) is 8.46. The number of halogens is 10. The summed E-state index contributed by atoms with van der Waals surface area (Å²) in [5.41, 5.74) is -11.1. The number of aliphatic imine (C=N–C) groups is 1. The minimum Gasteiger partial charge on any atom is -0.369 e. The molecule has 1 heterocycles. The molecule has 1 atom stereocenters. The van der Waals surface area contributed by atoms with E-state index in [2.05, 4.69) is 10.1 Å². The van der Waals surface area contributed by atoms with E-state index < -0.39 is 78.9 Å². The van der Waals surface area contributed by atoms with Crippen molar-refractivity contribution < 1.29 is 35.1 Å². The number of nitrogens with zero attached hydrogens (tertiary/aromatic N) is 5. The first-order valence-electron chi connectivity index (χ1n) is 8.89. The molecule has 1 aromatic heterocycles. The molecule has 3 rings (SSSR count). The highest BCUT2D eigenvalue weighted by Gasteiger charge is 2.86. The predicted molar refractivity (Wildman–Crippen MR) is 109 cm³/mol. The Kier molecular flexibility index (Phi) is 6.56. The molecule has 0 amide bonds. The number of benzene rings is 1. The van der Waals surface area contributed by atoms with Crippen LogP contribution in [0, 0.1) is 11.3 Å². The van der Waals surface area contributed by atoms with E-state index in [-0.39, 0.29) is 0 Å². The Labute approximate surface area is 200 Å². The van der Waals surface area contributed by atoms with Gasteiger partial charge in [0.15, 0.2) is 16.9 Å². The summed E-state index contributed by atoms with van der Waals surface area (Å²) in [5, 5.41) is 12.1. The standard InChI is InChI=1S/C18H11Cl2F8N5S/c1-32(2)7-30-14-12(15(17(23,24)25)6-16(15,21)22)11(5-29)31-33(14)13-9(19)3-8(4-10(13)20)34-18(26,27)28/h3-4,7H,6H2,1-2H3. The Bertz CT molecular complexity index is 1180. The maximum atomic E-state index is 14.2. The van der Waals surface area contributed by atoms with E-state index in [4.69, 9.17) is 23.2 Å². The van der Waals surface area contributed by atoms with Gasteiger partial charge in [0.05, 0.1) is 21.9 Å². The Balaban J connectivity index is 2.34. The van der Waals surface area contributed by atoms with Gasteiger partial charge in [-0.1, -0.05) is 23.2 Å². The van der Waals surface area contributed by atoms with Crippen molar-refractivity contribution in [1.82, 2.24) is 14.7 Å². The van der Waals surface area contributed by atoms with E-state index in [1.807, 2.05) is 0 Å². The van der Waals surface area contributed by atoms with Crippen molar-refractivity contribution in [2.45, 2.75) is 34.3 Å². The maximum Gasteiger partial charge on any atom is 0.446 e. The summed E-state index contributed by atoms with van der Waals surface area (Å²) in [6.45, 7) is 0. The molecule has 34 heavy (non-hydrogen) atoms. The van der Waals surface area contributed by atoms with Crippen molar-refractivity contribution in [3.05, 3.63) is 33.4 Å². The second-order valence-electron chi connectivity index (χ2n) is 7.35. The van der Waals surface area contributed by atoms with E-state index in [0.717, 1.165) is 18.5 Å². The Morgan fingerprint density at radius 1 is 1.18 bits per heavy atom. The van der Waals surface area contributed by atoms with E-state index in [9.17, 15) is 40.4 Å². The third-order valence-corrected chi connectivity index (χ3v) is 5.99. The van der Waals surface area contributed by atoms with Gasteiger partial charge in [0.25, 0.3) is 5.92 Å². The normalized spacial score (nSPS) is 20.0. The fourth-order valence-electron chi connectivity index (χ4n) is 3.27. The van der Waals surface area contributed by atoms with Crippen molar-refractivity contribution >= 4 is 47.1 Å². The van der Waals surface area contributed by atoms with Crippen LogP contribution in [0.25, 0.3) is 5.69 Å². The number of thioether (sulfide) groups is 1. The van der Waals surface area contributed by atoms with Crippen LogP contribution in [-0.2, 0) is 5.41 Å². The SMILES string of the molecule is CN(C)C=Nc1c(C2(C(F)(F)F)CC2(F)F)c(C#N)nn1-c1c(Cl)cc(SC(F)(F)F)cc1Cl. The van der Waals surface area contributed by atoms with Crippen molar-refractivity contribution in [2.75, 3.05) is 14.1 Å². The third-order valence-electron chi connectivity index (χ3n) is 4.71. The number of hydrogen-bond donors (Lipinski definition) is 0. The molecule has 1 unspecified atom stereocenters. The van der Waals surface area contributed by atoms with Gasteiger partial charge in [-0.25, -0.2) is 18.5 Å². The van der Waals surface area contributed by atoms with Crippen LogP contribution in [0.1, 0.15) is 17.7 Å². The monoisotopic (exact) mass is 551 g/mol. The zero-order valence-corrected chi connectivity index (χ0v) is 19.2. The lowest BCUT2D eigenvalue weighted by molar-refractivity contribution is -0.182. The molecule has 184 valence electrons. The highest BCUT2D eigenvalue weighted by atomic mass is 35.5. The first-order valence-corrected chi connectivity index (χ1v) is 10.5. The van der Waals surface area contributed by atoms with Crippen molar-refractivity contribution in [2.24, 2.45) is 4.99 Å². The minimum atomic E-state index is -5.49. The molecule has 2 aromatic rings. The van der Waals surface area contributed by atoms with Gasteiger partial charge in [-0.3, -0.25) is 0 Å². The number of alkyl halides is 8. The zero-order valence-electron chi connectivity index (χ0n) is 16.9. The van der Waals surface area contributed by atoms with Crippen LogP contribution >= 0.6 is 35.0 Å². The van der Waals surface area contributed by atoms with Gasteiger partial charge in [-0.15, -0.1) is 0 Å². The number of aromatic nitrogens is 2. The number of rotatable bonds is 5. The molecule has 0 saturated heterocycles. The van der Waals surface area contributed by atoms with E-state index >= 15 is 0 Å².